The number of benzene rings is 3. The zero-order valence-electron chi connectivity index (χ0n) is 22.0. The molecular formula is C29H33N3O5S. The minimum atomic E-state index is -3.84. The van der Waals surface area contributed by atoms with Crippen LogP contribution in [0.5, 0.6) is 17.2 Å². The Kier molecular flexibility index (Phi) is 8.70. The van der Waals surface area contributed by atoms with Crippen LogP contribution in [-0.4, -0.2) is 39.0 Å². The number of methoxy groups -OCH3 is 2. The van der Waals surface area contributed by atoms with Gasteiger partial charge in [0.25, 0.3) is 0 Å². The molecule has 0 aliphatic heterocycles. The van der Waals surface area contributed by atoms with Gasteiger partial charge in [-0.3, -0.25) is 0 Å². The van der Waals surface area contributed by atoms with Crippen LogP contribution in [0.4, 0.5) is 0 Å². The maximum Gasteiger partial charge on any atom is 0.241 e. The summed E-state index contributed by atoms with van der Waals surface area (Å²) in [6, 6.07) is 21.9. The predicted octanol–water partition coefficient (Wildman–Crippen LogP) is 5.46. The molecular weight excluding hydrogens is 502 g/mol. The zero-order chi connectivity index (χ0) is 27.1. The predicted molar refractivity (Wildman–Crippen MR) is 148 cm³/mol. The van der Waals surface area contributed by atoms with E-state index in [9.17, 15) is 8.42 Å². The lowest BCUT2D eigenvalue weighted by atomic mass is 10.1. The maximum absolute atomic E-state index is 13.1. The van der Waals surface area contributed by atoms with Gasteiger partial charge >= 0.3 is 0 Å². The minimum Gasteiger partial charge on any atom is -0.494 e. The largest absolute Gasteiger partial charge is 0.494 e. The molecule has 0 spiro atoms. The van der Waals surface area contributed by atoms with Crippen molar-refractivity contribution in [2.75, 3.05) is 20.8 Å². The number of nitrogens with zero attached hydrogens (tertiary/aromatic N) is 2. The van der Waals surface area contributed by atoms with Crippen LogP contribution in [-0.2, 0) is 16.6 Å². The molecule has 0 saturated heterocycles. The maximum atomic E-state index is 13.1. The standard InChI is InChI=1S/C29H33N3O5S/c1-21(2)16-17-37-25-12-10-22(11-13-25)29-23(20-32(31-29)24-8-6-5-7-9-24)19-30-38(33,34)26-14-15-27(35-3)28(18-26)36-4/h5-15,18,20-21,30H,16-17,19H2,1-4H3. The van der Waals surface area contributed by atoms with Crippen molar-refractivity contribution in [2.24, 2.45) is 5.92 Å². The Hall–Kier alpha value is -3.82. The van der Waals surface area contributed by atoms with E-state index in [-0.39, 0.29) is 11.4 Å². The second-order valence-corrected chi connectivity index (χ2v) is 10.9. The highest BCUT2D eigenvalue weighted by Crippen LogP contribution is 2.30. The lowest BCUT2D eigenvalue weighted by molar-refractivity contribution is 0.289. The monoisotopic (exact) mass is 535 g/mol. The average Bonchev–Trinajstić information content (AvgIpc) is 3.36. The number of hydrogen-bond donors (Lipinski definition) is 1. The van der Waals surface area contributed by atoms with E-state index >= 15 is 0 Å². The average molecular weight is 536 g/mol. The molecule has 0 radical (unpaired) electrons. The summed E-state index contributed by atoms with van der Waals surface area (Å²) in [5.41, 5.74) is 3.14. The molecule has 0 fully saturated rings. The van der Waals surface area contributed by atoms with Crippen molar-refractivity contribution in [3.8, 4) is 34.2 Å². The van der Waals surface area contributed by atoms with Crippen LogP contribution in [0.1, 0.15) is 25.8 Å². The Morgan fingerprint density at radius 1 is 0.921 bits per heavy atom. The van der Waals surface area contributed by atoms with Gasteiger partial charge in [0.05, 0.1) is 37.1 Å². The molecule has 0 aliphatic carbocycles. The van der Waals surface area contributed by atoms with Gasteiger partial charge in [-0.2, -0.15) is 5.10 Å². The van der Waals surface area contributed by atoms with Gasteiger partial charge in [0.15, 0.2) is 11.5 Å². The molecule has 0 unspecified atom stereocenters. The van der Waals surface area contributed by atoms with Crippen LogP contribution >= 0.6 is 0 Å². The first kappa shape index (κ1) is 27.2. The summed E-state index contributed by atoms with van der Waals surface area (Å²) in [6.07, 6.45) is 2.82. The first-order valence-corrected chi connectivity index (χ1v) is 13.9. The molecule has 1 aromatic heterocycles. The first-order valence-electron chi connectivity index (χ1n) is 12.4. The second-order valence-electron chi connectivity index (χ2n) is 9.18. The molecule has 8 nitrogen and oxygen atoms in total. The van der Waals surface area contributed by atoms with Crippen LogP contribution in [0.15, 0.2) is 83.9 Å². The van der Waals surface area contributed by atoms with E-state index in [0.29, 0.717) is 29.7 Å². The lowest BCUT2D eigenvalue weighted by Crippen LogP contribution is -2.23. The van der Waals surface area contributed by atoms with Gasteiger partial charge in [0, 0.05) is 29.9 Å². The fourth-order valence-electron chi connectivity index (χ4n) is 3.86. The van der Waals surface area contributed by atoms with Gasteiger partial charge in [-0.25, -0.2) is 17.8 Å². The van der Waals surface area contributed by atoms with Crippen molar-refractivity contribution < 1.29 is 22.6 Å². The summed E-state index contributed by atoms with van der Waals surface area (Å²) in [7, 11) is -0.872. The van der Waals surface area contributed by atoms with Gasteiger partial charge in [-0.05, 0) is 60.9 Å². The number of sulfonamides is 1. The van der Waals surface area contributed by atoms with Crippen molar-refractivity contribution in [3.63, 3.8) is 0 Å². The fourth-order valence-corrected chi connectivity index (χ4v) is 4.88. The number of nitrogens with one attached hydrogen (secondary N) is 1. The highest BCUT2D eigenvalue weighted by molar-refractivity contribution is 7.89. The van der Waals surface area contributed by atoms with Crippen molar-refractivity contribution >= 4 is 10.0 Å². The number of ether oxygens (including phenoxy) is 3. The topological polar surface area (TPSA) is 91.7 Å². The van der Waals surface area contributed by atoms with Gasteiger partial charge in [0.2, 0.25) is 10.0 Å². The molecule has 1 N–H and O–H groups in total. The van der Waals surface area contributed by atoms with Crippen LogP contribution in [0.3, 0.4) is 0 Å². The third-order valence-corrected chi connectivity index (χ3v) is 7.42. The summed E-state index contributed by atoms with van der Waals surface area (Å²) in [5, 5.41) is 4.79. The number of rotatable bonds is 12. The van der Waals surface area contributed by atoms with Gasteiger partial charge in [-0.15, -0.1) is 0 Å². The third-order valence-electron chi connectivity index (χ3n) is 6.02. The lowest BCUT2D eigenvalue weighted by Gasteiger charge is -2.11. The molecule has 9 heteroatoms. The quantitative estimate of drug-likeness (QED) is 0.259. The molecule has 200 valence electrons. The van der Waals surface area contributed by atoms with E-state index in [2.05, 4.69) is 18.6 Å². The Balaban J connectivity index is 1.60. The Morgan fingerprint density at radius 2 is 1.63 bits per heavy atom. The first-order chi connectivity index (χ1) is 18.3. The van der Waals surface area contributed by atoms with Crippen molar-refractivity contribution in [1.82, 2.24) is 14.5 Å². The van der Waals surface area contributed by atoms with E-state index in [0.717, 1.165) is 29.0 Å². The molecule has 0 bridgehead atoms. The molecule has 0 amide bonds. The van der Waals surface area contributed by atoms with Gasteiger partial charge < -0.3 is 14.2 Å². The summed E-state index contributed by atoms with van der Waals surface area (Å²) < 4.78 is 47.1. The van der Waals surface area contributed by atoms with E-state index in [1.807, 2.05) is 60.8 Å². The van der Waals surface area contributed by atoms with E-state index < -0.39 is 10.0 Å². The fraction of sp³-hybridized carbons (Fsp3) is 0.276. The molecule has 38 heavy (non-hydrogen) atoms. The van der Waals surface area contributed by atoms with E-state index in [1.54, 1.807) is 10.7 Å². The third kappa shape index (κ3) is 6.54. The van der Waals surface area contributed by atoms with Crippen LogP contribution < -0.4 is 18.9 Å². The summed E-state index contributed by atoms with van der Waals surface area (Å²) in [6.45, 7) is 5.03. The minimum absolute atomic E-state index is 0.0471. The number of aromatic nitrogens is 2. The Bertz CT molecular complexity index is 1450. The van der Waals surface area contributed by atoms with Gasteiger partial charge in [0.1, 0.15) is 5.75 Å². The van der Waals surface area contributed by atoms with E-state index in [4.69, 9.17) is 19.3 Å². The SMILES string of the molecule is COc1ccc(S(=O)(=O)NCc2cn(-c3ccccc3)nc2-c2ccc(OCCC(C)C)cc2)cc1OC. The highest BCUT2D eigenvalue weighted by Gasteiger charge is 2.20. The summed E-state index contributed by atoms with van der Waals surface area (Å²) in [5.74, 6) is 2.15. The summed E-state index contributed by atoms with van der Waals surface area (Å²) in [4.78, 5) is 0.0788. The van der Waals surface area contributed by atoms with Crippen LogP contribution in [0.2, 0.25) is 0 Å². The van der Waals surface area contributed by atoms with Crippen molar-refractivity contribution in [1.29, 1.82) is 0 Å². The molecule has 0 aliphatic rings. The number of para-hydroxylation sites is 1. The molecule has 4 aromatic rings. The molecule has 0 atom stereocenters. The van der Waals surface area contributed by atoms with Crippen molar-refractivity contribution in [2.45, 2.75) is 31.7 Å². The van der Waals surface area contributed by atoms with Gasteiger partial charge in [-0.1, -0.05) is 32.0 Å². The van der Waals surface area contributed by atoms with Crippen molar-refractivity contribution in [3.05, 3.63) is 84.6 Å². The second kappa shape index (κ2) is 12.1. The smallest absolute Gasteiger partial charge is 0.241 e. The molecule has 3 aromatic carbocycles. The molecule has 0 saturated carbocycles. The number of hydrogen-bond acceptors (Lipinski definition) is 6. The Labute approximate surface area is 224 Å². The summed E-state index contributed by atoms with van der Waals surface area (Å²) >= 11 is 0. The molecule has 4 rings (SSSR count). The highest BCUT2D eigenvalue weighted by atomic mass is 32.2. The van der Waals surface area contributed by atoms with Crippen LogP contribution in [0, 0.1) is 5.92 Å². The van der Waals surface area contributed by atoms with Crippen LogP contribution in [0.25, 0.3) is 16.9 Å². The molecule has 1 heterocycles. The zero-order valence-corrected chi connectivity index (χ0v) is 22.9. The normalized spacial score (nSPS) is 11.5. The van der Waals surface area contributed by atoms with E-state index in [1.165, 1.54) is 26.4 Å². The Morgan fingerprint density at radius 3 is 2.29 bits per heavy atom.